The highest BCUT2D eigenvalue weighted by Gasteiger charge is 2.36. The van der Waals surface area contributed by atoms with E-state index in [0.717, 1.165) is 18.4 Å². The molecule has 0 spiro atoms. The van der Waals surface area contributed by atoms with Gasteiger partial charge in [0, 0.05) is 11.5 Å². The molecule has 1 fully saturated rings. The van der Waals surface area contributed by atoms with Gasteiger partial charge in [0.05, 0.1) is 0 Å². The minimum atomic E-state index is 0.252. The van der Waals surface area contributed by atoms with Crippen LogP contribution in [0.2, 0.25) is 0 Å². The van der Waals surface area contributed by atoms with Gasteiger partial charge in [-0.1, -0.05) is 51.1 Å². The molecule has 92 valence electrons. The highest BCUT2D eigenvalue weighted by Crippen LogP contribution is 2.42. The summed E-state index contributed by atoms with van der Waals surface area (Å²) in [5, 5.41) is 0. The molecular formula is C16H22O. The first-order valence-corrected chi connectivity index (χ1v) is 6.58. The molecule has 0 aliphatic heterocycles. The largest absolute Gasteiger partial charge is 0.294 e. The average Bonchev–Trinajstić information content (AvgIpc) is 2.78. The first-order chi connectivity index (χ1) is 7.98. The van der Waals surface area contributed by atoms with Gasteiger partial charge in [-0.05, 0) is 30.6 Å². The molecule has 1 heteroatoms. The van der Waals surface area contributed by atoms with E-state index in [1.165, 1.54) is 6.42 Å². The molecule has 1 nitrogen and oxygen atoms in total. The van der Waals surface area contributed by atoms with Crippen LogP contribution in [0.25, 0.3) is 0 Å². The van der Waals surface area contributed by atoms with Gasteiger partial charge in [0.15, 0.2) is 5.78 Å². The molecule has 0 radical (unpaired) electrons. The van der Waals surface area contributed by atoms with Gasteiger partial charge in [-0.15, -0.1) is 0 Å². The maximum Gasteiger partial charge on any atom is 0.165 e. The lowest BCUT2D eigenvalue weighted by Crippen LogP contribution is -2.19. The molecule has 0 unspecified atom stereocenters. The number of Topliss-reactive ketones (excluding diaryl/α,β-unsaturated/α-hetero) is 1. The summed E-state index contributed by atoms with van der Waals surface area (Å²) in [6.07, 6.45) is 3.33. The number of hydrogen-bond donors (Lipinski definition) is 0. The van der Waals surface area contributed by atoms with Crippen LogP contribution in [0.15, 0.2) is 30.3 Å². The van der Waals surface area contributed by atoms with Crippen LogP contribution in [0.1, 0.15) is 50.4 Å². The van der Waals surface area contributed by atoms with Crippen molar-refractivity contribution >= 4 is 5.78 Å². The Morgan fingerprint density at radius 1 is 1.12 bits per heavy atom. The zero-order valence-corrected chi connectivity index (χ0v) is 11.1. The molecule has 0 bridgehead atoms. The molecule has 0 aromatic heterocycles. The van der Waals surface area contributed by atoms with Crippen molar-refractivity contribution in [3.8, 4) is 0 Å². The van der Waals surface area contributed by atoms with Gasteiger partial charge in [0.25, 0.3) is 0 Å². The summed E-state index contributed by atoms with van der Waals surface area (Å²) in [6.45, 7) is 6.85. The lowest BCUT2D eigenvalue weighted by atomic mass is 9.79. The van der Waals surface area contributed by atoms with E-state index >= 15 is 0 Å². The Balaban J connectivity index is 2.05. The molecule has 17 heavy (non-hydrogen) atoms. The Kier molecular flexibility index (Phi) is 3.37. The first kappa shape index (κ1) is 12.3. The lowest BCUT2D eigenvalue weighted by Gasteiger charge is -2.26. The van der Waals surface area contributed by atoms with Crippen molar-refractivity contribution in [2.24, 2.45) is 17.3 Å². The van der Waals surface area contributed by atoms with E-state index < -0.39 is 0 Å². The minimum absolute atomic E-state index is 0.252. The summed E-state index contributed by atoms with van der Waals surface area (Å²) in [5.41, 5.74) is 1.22. The van der Waals surface area contributed by atoms with Gasteiger partial charge in [-0.3, -0.25) is 4.79 Å². The average molecular weight is 230 g/mol. The third-order valence-corrected chi connectivity index (χ3v) is 4.09. The van der Waals surface area contributed by atoms with Crippen LogP contribution >= 0.6 is 0 Å². The predicted octanol–water partition coefficient (Wildman–Crippen LogP) is 4.33. The van der Waals surface area contributed by atoms with Crippen LogP contribution in [-0.4, -0.2) is 5.78 Å². The lowest BCUT2D eigenvalue weighted by molar-refractivity contribution is 0.0914. The Hall–Kier alpha value is -1.11. The SMILES string of the molecule is CC(C)(C)[C@H]1CC[C@@H](C(=O)c2ccccc2)C1. The van der Waals surface area contributed by atoms with Crippen molar-refractivity contribution in [2.45, 2.75) is 40.0 Å². The number of carbonyl (C=O) groups excluding carboxylic acids is 1. The zero-order valence-electron chi connectivity index (χ0n) is 11.1. The molecule has 0 amide bonds. The van der Waals surface area contributed by atoms with E-state index in [-0.39, 0.29) is 5.92 Å². The Labute approximate surface area is 104 Å². The molecule has 0 heterocycles. The minimum Gasteiger partial charge on any atom is -0.294 e. The van der Waals surface area contributed by atoms with Gasteiger partial charge in [-0.2, -0.15) is 0 Å². The quantitative estimate of drug-likeness (QED) is 0.691. The Morgan fingerprint density at radius 3 is 2.29 bits per heavy atom. The summed E-state index contributed by atoms with van der Waals surface area (Å²) >= 11 is 0. The number of ketones is 1. The summed E-state index contributed by atoms with van der Waals surface area (Å²) in [5.74, 6) is 1.29. The van der Waals surface area contributed by atoms with Crippen LogP contribution in [0.3, 0.4) is 0 Å². The molecule has 1 aromatic rings. The number of carbonyl (C=O) groups is 1. The summed E-state index contributed by atoms with van der Waals surface area (Å²) in [4.78, 5) is 12.3. The monoisotopic (exact) mass is 230 g/mol. The molecule has 1 saturated carbocycles. The van der Waals surface area contributed by atoms with Gasteiger partial charge >= 0.3 is 0 Å². The molecule has 1 aliphatic rings. The van der Waals surface area contributed by atoms with Crippen LogP contribution in [0.5, 0.6) is 0 Å². The number of benzene rings is 1. The van der Waals surface area contributed by atoms with Crippen LogP contribution in [-0.2, 0) is 0 Å². The highest BCUT2D eigenvalue weighted by atomic mass is 16.1. The number of rotatable bonds is 2. The van der Waals surface area contributed by atoms with Gasteiger partial charge in [0.2, 0.25) is 0 Å². The second-order valence-electron chi connectivity index (χ2n) is 6.30. The van der Waals surface area contributed by atoms with E-state index in [1.54, 1.807) is 0 Å². The van der Waals surface area contributed by atoms with E-state index in [1.807, 2.05) is 30.3 Å². The summed E-state index contributed by atoms with van der Waals surface area (Å²) in [7, 11) is 0. The van der Waals surface area contributed by atoms with E-state index in [0.29, 0.717) is 17.1 Å². The van der Waals surface area contributed by atoms with Crippen molar-refractivity contribution in [2.75, 3.05) is 0 Å². The summed E-state index contributed by atoms with van der Waals surface area (Å²) < 4.78 is 0. The summed E-state index contributed by atoms with van der Waals surface area (Å²) in [6, 6.07) is 9.73. The van der Waals surface area contributed by atoms with Crippen LogP contribution in [0, 0.1) is 17.3 Å². The standard InChI is InChI=1S/C16H22O/c1-16(2,3)14-10-9-13(11-14)15(17)12-7-5-4-6-8-12/h4-8,13-14H,9-11H2,1-3H3/t13-,14+/m1/s1. The van der Waals surface area contributed by atoms with Crippen molar-refractivity contribution in [1.82, 2.24) is 0 Å². The predicted molar refractivity (Wildman–Crippen MR) is 71.1 cm³/mol. The van der Waals surface area contributed by atoms with Gasteiger partial charge in [0.1, 0.15) is 0 Å². The van der Waals surface area contributed by atoms with E-state index in [9.17, 15) is 4.79 Å². The second kappa shape index (κ2) is 4.64. The molecule has 2 rings (SSSR count). The van der Waals surface area contributed by atoms with Crippen molar-refractivity contribution in [3.05, 3.63) is 35.9 Å². The molecule has 1 aromatic carbocycles. The zero-order chi connectivity index (χ0) is 12.5. The fourth-order valence-corrected chi connectivity index (χ4v) is 2.84. The van der Waals surface area contributed by atoms with Crippen LogP contribution in [0.4, 0.5) is 0 Å². The van der Waals surface area contributed by atoms with Gasteiger partial charge < -0.3 is 0 Å². The molecule has 0 saturated heterocycles. The fraction of sp³-hybridized carbons (Fsp3) is 0.562. The van der Waals surface area contributed by atoms with E-state index in [4.69, 9.17) is 0 Å². The normalized spacial score (nSPS) is 24.9. The Bertz CT molecular complexity index is 386. The van der Waals surface area contributed by atoms with E-state index in [2.05, 4.69) is 20.8 Å². The van der Waals surface area contributed by atoms with Crippen molar-refractivity contribution < 1.29 is 4.79 Å². The maximum absolute atomic E-state index is 12.3. The highest BCUT2D eigenvalue weighted by molar-refractivity contribution is 5.97. The second-order valence-corrected chi connectivity index (χ2v) is 6.30. The molecule has 0 N–H and O–H groups in total. The van der Waals surface area contributed by atoms with Crippen LogP contribution < -0.4 is 0 Å². The Morgan fingerprint density at radius 2 is 1.76 bits per heavy atom. The third-order valence-electron chi connectivity index (χ3n) is 4.09. The molecule has 2 atom stereocenters. The molecule has 1 aliphatic carbocycles. The maximum atomic E-state index is 12.3. The number of hydrogen-bond acceptors (Lipinski definition) is 1. The third kappa shape index (κ3) is 2.77. The topological polar surface area (TPSA) is 17.1 Å². The fourth-order valence-electron chi connectivity index (χ4n) is 2.84. The van der Waals surface area contributed by atoms with Crippen molar-refractivity contribution in [3.63, 3.8) is 0 Å². The van der Waals surface area contributed by atoms with Gasteiger partial charge in [-0.25, -0.2) is 0 Å². The smallest absolute Gasteiger partial charge is 0.165 e. The first-order valence-electron chi connectivity index (χ1n) is 6.58. The molecular weight excluding hydrogens is 208 g/mol. The van der Waals surface area contributed by atoms with Crippen molar-refractivity contribution in [1.29, 1.82) is 0 Å².